The van der Waals surface area contributed by atoms with Gasteiger partial charge in [-0.2, -0.15) is 0 Å². The van der Waals surface area contributed by atoms with Crippen LogP contribution in [0, 0.1) is 5.41 Å². The van der Waals surface area contributed by atoms with E-state index in [0.29, 0.717) is 39.2 Å². The van der Waals surface area contributed by atoms with Gasteiger partial charge in [0.05, 0.1) is 46.1 Å². The number of nitrogens with zero attached hydrogens (tertiary/aromatic N) is 1. The van der Waals surface area contributed by atoms with Crippen LogP contribution in [0.25, 0.3) is 0 Å². The van der Waals surface area contributed by atoms with Crippen LogP contribution in [0.15, 0.2) is 25.3 Å². The predicted molar refractivity (Wildman–Crippen MR) is 131 cm³/mol. The molecule has 202 valence electrons. The number of rotatable bonds is 23. The monoisotopic (exact) mass is 501 g/mol. The number of esters is 3. The molecule has 0 atom stereocenters. The predicted octanol–water partition coefficient (Wildman–Crippen LogP) is 2.17. The van der Waals surface area contributed by atoms with Crippen LogP contribution in [0.5, 0.6) is 0 Å². The Morgan fingerprint density at radius 3 is 1.51 bits per heavy atom. The van der Waals surface area contributed by atoms with Gasteiger partial charge in [0.25, 0.3) is 0 Å². The molecule has 0 aliphatic rings. The standard InChI is InChI=1S/C25H43NO9/c1-6-22(27)33-16-13-30-19-25(8-3,20-31-14-17-34-23(28)7-2)21-32-15-18-35-24(29)11-12-26(9-4)10-5/h6-7H,1-2,8-21H2,3-5H3. The average molecular weight is 502 g/mol. The van der Waals surface area contributed by atoms with Crippen molar-refractivity contribution in [3.63, 3.8) is 0 Å². The van der Waals surface area contributed by atoms with E-state index in [0.717, 1.165) is 25.2 Å². The van der Waals surface area contributed by atoms with Gasteiger partial charge < -0.3 is 33.3 Å². The fourth-order valence-corrected chi connectivity index (χ4v) is 2.89. The molecule has 0 amide bonds. The molecule has 0 heterocycles. The van der Waals surface area contributed by atoms with Gasteiger partial charge in [0, 0.05) is 24.1 Å². The van der Waals surface area contributed by atoms with Crippen molar-refractivity contribution in [2.75, 3.05) is 79.1 Å². The molecule has 0 saturated carbocycles. The van der Waals surface area contributed by atoms with E-state index in [9.17, 15) is 14.4 Å². The molecule has 35 heavy (non-hydrogen) atoms. The van der Waals surface area contributed by atoms with Crippen molar-refractivity contribution in [3.8, 4) is 0 Å². The highest BCUT2D eigenvalue weighted by molar-refractivity contribution is 5.81. The Labute approximate surface area is 209 Å². The zero-order valence-electron chi connectivity index (χ0n) is 21.6. The van der Waals surface area contributed by atoms with Crippen molar-refractivity contribution < 1.29 is 42.8 Å². The SMILES string of the molecule is C=CC(=O)OCCOCC(CC)(COCCOC(=O)C=C)COCCOC(=O)CCN(CC)CC. The lowest BCUT2D eigenvalue weighted by atomic mass is 9.88. The molecule has 10 nitrogen and oxygen atoms in total. The summed E-state index contributed by atoms with van der Waals surface area (Å²) in [7, 11) is 0. The smallest absolute Gasteiger partial charge is 0.330 e. The number of carbonyl (C=O) groups excluding carboxylic acids is 3. The molecule has 10 heteroatoms. The Morgan fingerprint density at radius 1 is 0.714 bits per heavy atom. The first-order chi connectivity index (χ1) is 16.9. The molecule has 0 spiro atoms. The Balaban J connectivity index is 4.53. The molecule has 0 aromatic heterocycles. The summed E-state index contributed by atoms with van der Waals surface area (Å²) >= 11 is 0. The molecule has 0 radical (unpaired) electrons. The Kier molecular flexibility index (Phi) is 19.7. The highest BCUT2D eigenvalue weighted by Crippen LogP contribution is 2.24. The lowest BCUT2D eigenvalue weighted by Gasteiger charge is -2.32. The molecule has 0 unspecified atom stereocenters. The third kappa shape index (κ3) is 16.9. The molecule has 0 rings (SSSR count). The second kappa shape index (κ2) is 21.0. The molecular weight excluding hydrogens is 458 g/mol. The second-order valence-corrected chi connectivity index (χ2v) is 7.75. The minimum atomic E-state index is -0.511. The normalized spacial score (nSPS) is 11.2. The lowest BCUT2D eigenvalue weighted by molar-refractivity contribution is -0.146. The van der Waals surface area contributed by atoms with Gasteiger partial charge in [-0.15, -0.1) is 0 Å². The van der Waals surface area contributed by atoms with Crippen molar-refractivity contribution in [1.29, 1.82) is 0 Å². The van der Waals surface area contributed by atoms with Gasteiger partial charge in [-0.25, -0.2) is 9.59 Å². The van der Waals surface area contributed by atoms with E-state index < -0.39 is 17.4 Å². The first-order valence-corrected chi connectivity index (χ1v) is 12.1. The van der Waals surface area contributed by atoms with Crippen molar-refractivity contribution in [1.82, 2.24) is 4.90 Å². The Morgan fingerprint density at radius 2 is 1.14 bits per heavy atom. The fourth-order valence-electron chi connectivity index (χ4n) is 2.89. The van der Waals surface area contributed by atoms with Crippen LogP contribution >= 0.6 is 0 Å². The van der Waals surface area contributed by atoms with Crippen molar-refractivity contribution in [2.45, 2.75) is 33.6 Å². The van der Waals surface area contributed by atoms with E-state index in [1.807, 2.05) is 6.92 Å². The maximum atomic E-state index is 11.9. The summed E-state index contributed by atoms with van der Waals surface area (Å²) in [6, 6.07) is 0. The van der Waals surface area contributed by atoms with Gasteiger partial charge in [-0.1, -0.05) is 33.9 Å². The van der Waals surface area contributed by atoms with Crippen LogP contribution < -0.4 is 0 Å². The maximum Gasteiger partial charge on any atom is 0.330 e. The van der Waals surface area contributed by atoms with E-state index >= 15 is 0 Å². The summed E-state index contributed by atoms with van der Waals surface area (Å²) in [6.45, 7) is 17.2. The highest BCUT2D eigenvalue weighted by Gasteiger charge is 2.30. The molecule has 0 bridgehead atoms. The summed E-state index contributed by atoms with van der Waals surface area (Å²) in [5.41, 5.74) is -0.488. The number of hydrogen-bond acceptors (Lipinski definition) is 10. The molecule has 0 aliphatic carbocycles. The van der Waals surface area contributed by atoms with Crippen LogP contribution in [0.3, 0.4) is 0 Å². The zero-order valence-corrected chi connectivity index (χ0v) is 21.6. The van der Waals surface area contributed by atoms with Crippen LogP contribution in [0.2, 0.25) is 0 Å². The largest absolute Gasteiger partial charge is 0.463 e. The van der Waals surface area contributed by atoms with Gasteiger partial charge in [0.2, 0.25) is 0 Å². The maximum absolute atomic E-state index is 11.9. The van der Waals surface area contributed by atoms with Crippen LogP contribution in [0.4, 0.5) is 0 Å². The number of ether oxygens (including phenoxy) is 6. The zero-order chi connectivity index (χ0) is 26.4. The summed E-state index contributed by atoms with van der Waals surface area (Å²) < 4.78 is 32.3. The van der Waals surface area contributed by atoms with Crippen LogP contribution in [-0.2, 0) is 42.8 Å². The van der Waals surface area contributed by atoms with Crippen molar-refractivity contribution in [3.05, 3.63) is 25.3 Å². The third-order valence-electron chi connectivity index (χ3n) is 5.27. The molecule has 0 aliphatic heterocycles. The summed E-state index contributed by atoms with van der Waals surface area (Å²) in [4.78, 5) is 36.3. The van der Waals surface area contributed by atoms with Gasteiger partial charge in [0.15, 0.2) is 0 Å². The first-order valence-electron chi connectivity index (χ1n) is 12.1. The Hall–Kier alpha value is -2.27. The van der Waals surface area contributed by atoms with E-state index in [1.54, 1.807) is 0 Å². The highest BCUT2D eigenvalue weighted by atomic mass is 16.6. The van der Waals surface area contributed by atoms with Crippen LogP contribution in [-0.4, -0.2) is 102 Å². The Bertz CT molecular complexity index is 590. The van der Waals surface area contributed by atoms with E-state index in [4.69, 9.17) is 28.4 Å². The molecular formula is C25H43NO9. The lowest BCUT2D eigenvalue weighted by Crippen LogP contribution is -2.38. The summed E-state index contributed by atoms with van der Waals surface area (Å²) in [5.74, 6) is -1.28. The number of carbonyl (C=O) groups is 3. The summed E-state index contributed by atoms with van der Waals surface area (Å²) in [5, 5.41) is 0. The topological polar surface area (TPSA) is 110 Å². The van der Waals surface area contributed by atoms with Crippen molar-refractivity contribution in [2.24, 2.45) is 5.41 Å². The second-order valence-electron chi connectivity index (χ2n) is 7.75. The minimum absolute atomic E-state index is 0.104. The number of hydrogen-bond donors (Lipinski definition) is 0. The average Bonchev–Trinajstić information content (AvgIpc) is 2.87. The van der Waals surface area contributed by atoms with Crippen molar-refractivity contribution >= 4 is 17.9 Å². The molecule has 0 aromatic rings. The minimum Gasteiger partial charge on any atom is -0.463 e. The van der Waals surface area contributed by atoms with Gasteiger partial charge in [-0.05, 0) is 19.5 Å². The molecule has 0 aromatic carbocycles. The molecule has 0 fully saturated rings. The summed E-state index contributed by atoms with van der Waals surface area (Å²) in [6.07, 6.45) is 3.20. The fraction of sp³-hybridized carbons (Fsp3) is 0.720. The van der Waals surface area contributed by atoms with Gasteiger partial charge >= 0.3 is 17.9 Å². The van der Waals surface area contributed by atoms with Crippen LogP contribution in [0.1, 0.15) is 33.6 Å². The first kappa shape index (κ1) is 32.7. The van der Waals surface area contributed by atoms with Gasteiger partial charge in [0.1, 0.15) is 19.8 Å². The van der Waals surface area contributed by atoms with E-state index in [1.165, 1.54) is 0 Å². The third-order valence-corrected chi connectivity index (χ3v) is 5.27. The molecule has 0 saturated heterocycles. The quantitative estimate of drug-likeness (QED) is 0.0894. The van der Waals surface area contributed by atoms with E-state index in [2.05, 4.69) is 31.9 Å². The van der Waals surface area contributed by atoms with Gasteiger partial charge in [-0.3, -0.25) is 4.79 Å². The molecule has 0 N–H and O–H groups in total. The van der Waals surface area contributed by atoms with E-state index in [-0.39, 0.29) is 45.6 Å².